The third kappa shape index (κ3) is 4.36. The first-order valence-electron chi connectivity index (χ1n) is 9.43. The van der Waals surface area contributed by atoms with E-state index in [-0.39, 0.29) is 24.5 Å². The number of aliphatic carboxylic acids is 1. The molecule has 27 heavy (non-hydrogen) atoms. The number of carboxylic acid groups (broad SMARTS) is 1. The summed E-state index contributed by atoms with van der Waals surface area (Å²) in [6.07, 6.45) is 9.33. The van der Waals surface area contributed by atoms with Crippen molar-refractivity contribution in [3.63, 3.8) is 0 Å². The van der Waals surface area contributed by atoms with Crippen molar-refractivity contribution in [2.24, 2.45) is 5.92 Å². The summed E-state index contributed by atoms with van der Waals surface area (Å²) in [5.74, 6) is -0.198. The Labute approximate surface area is 158 Å². The summed E-state index contributed by atoms with van der Waals surface area (Å²) in [5, 5.41) is 12.2. The van der Waals surface area contributed by atoms with Crippen molar-refractivity contribution in [1.29, 1.82) is 0 Å². The Bertz CT molecular complexity index is 793. The monoisotopic (exact) mass is 368 g/mol. The van der Waals surface area contributed by atoms with Gasteiger partial charge < -0.3 is 15.0 Å². The second-order valence-corrected chi connectivity index (χ2v) is 7.58. The van der Waals surface area contributed by atoms with Gasteiger partial charge in [0.05, 0.1) is 12.9 Å². The molecule has 0 unspecified atom stereocenters. The summed E-state index contributed by atoms with van der Waals surface area (Å²) in [4.78, 5) is 29.6. The Hall–Kier alpha value is -2.67. The number of aromatic nitrogens is 2. The second kappa shape index (κ2) is 7.52. The van der Waals surface area contributed by atoms with Crippen molar-refractivity contribution in [1.82, 2.24) is 19.8 Å². The summed E-state index contributed by atoms with van der Waals surface area (Å²) in [6.45, 7) is 0.963. The minimum atomic E-state index is -0.777. The number of hydrogen-bond donors (Lipinski definition) is 2. The Morgan fingerprint density at radius 3 is 2.56 bits per heavy atom. The van der Waals surface area contributed by atoms with Crippen LogP contribution in [-0.4, -0.2) is 56.6 Å². The highest BCUT2D eigenvalue weighted by atomic mass is 16.4. The first-order chi connectivity index (χ1) is 13.1. The van der Waals surface area contributed by atoms with Crippen molar-refractivity contribution >= 4 is 11.9 Å². The van der Waals surface area contributed by atoms with E-state index in [1.165, 1.54) is 12.8 Å². The van der Waals surface area contributed by atoms with Gasteiger partial charge in [0.25, 0.3) is 5.91 Å². The zero-order chi connectivity index (χ0) is 18.8. The summed E-state index contributed by atoms with van der Waals surface area (Å²) in [6, 6.07) is 7.78. The number of carboxylic acids is 1. The van der Waals surface area contributed by atoms with Gasteiger partial charge in [0.15, 0.2) is 0 Å². The van der Waals surface area contributed by atoms with Crippen LogP contribution in [0.25, 0.3) is 5.69 Å². The van der Waals surface area contributed by atoms with Gasteiger partial charge in [0, 0.05) is 42.3 Å². The Morgan fingerprint density at radius 2 is 1.96 bits per heavy atom. The average Bonchev–Trinajstić information content (AvgIpc) is 3.26. The third-order valence-corrected chi connectivity index (χ3v) is 5.42. The smallest absolute Gasteiger partial charge is 0.317 e. The molecule has 0 bridgehead atoms. The molecule has 7 nitrogen and oxygen atoms in total. The quantitative estimate of drug-likeness (QED) is 0.743. The Kier molecular flexibility index (Phi) is 4.94. The van der Waals surface area contributed by atoms with Crippen LogP contribution in [0.15, 0.2) is 43.0 Å². The lowest BCUT2D eigenvalue weighted by Gasteiger charge is -2.42. The van der Waals surface area contributed by atoms with E-state index < -0.39 is 5.97 Å². The van der Waals surface area contributed by atoms with E-state index in [1.807, 2.05) is 35.0 Å². The zero-order valence-corrected chi connectivity index (χ0v) is 15.1. The number of rotatable bonds is 8. The topological polar surface area (TPSA) is 87.5 Å². The summed E-state index contributed by atoms with van der Waals surface area (Å²) >= 11 is 0. The van der Waals surface area contributed by atoms with Crippen molar-refractivity contribution in [2.75, 3.05) is 13.1 Å². The maximum atomic E-state index is 12.4. The SMILES string of the molecule is O=C(O)CN(CC1CC1)C1CC(NC(=O)c2ccc(-n3ccnc3)cc2)C1. The molecule has 1 heterocycles. The van der Waals surface area contributed by atoms with Crippen molar-refractivity contribution in [3.8, 4) is 5.69 Å². The van der Waals surface area contributed by atoms with E-state index in [4.69, 9.17) is 5.11 Å². The number of nitrogens with zero attached hydrogens (tertiary/aromatic N) is 3. The Balaban J connectivity index is 1.28. The summed E-state index contributed by atoms with van der Waals surface area (Å²) in [7, 11) is 0. The molecule has 0 radical (unpaired) electrons. The molecule has 142 valence electrons. The fourth-order valence-electron chi connectivity index (χ4n) is 3.62. The fraction of sp³-hybridized carbons (Fsp3) is 0.450. The van der Waals surface area contributed by atoms with E-state index >= 15 is 0 Å². The molecule has 0 saturated heterocycles. The molecular formula is C20H24N4O3. The van der Waals surface area contributed by atoms with Crippen LogP contribution < -0.4 is 5.32 Å². The van der Waals surface area contributed by atoms with E-state index in [1.54, 1.807) is 12.5 Å². The van der Waals surface area contributed by atoms with Crippen LogP contribution in [0.3, 0.4) is 0 Å². The predicted molar refractivity (Wildman–Crippen MR) is 99.8 cm³/mol. The van der Waals surface area contributed by atoms with Gasteiger partial charge in [-0.3, -0.25) is 14.5 Å². The lowest BCUT2D eigenvalue weighted by Crippen LogP contribution is -2.55. The van der Waals surface area contributed by atoms with Gasteiger partial charge in [0.1, 0.15) is 0 Å². The Morgan fingerprint density at radius 1 is 1.22 bits per heavy atom. The number of imidazole rings is 1. The molecule has 2 aliphatic rings. The van der Waals surface area contributed by atoms with Gasteiger partial charge in [-0.2, -0.15) is 0 Å². The average molecular weight is 368 g/mol. The first kappa shape index (κ1) is 17.7. The van der Waals surface area contributed by atoms with Crippen LogP contribution in [0.4, 0.5) is 0 Å². The maximum absolute atomic E-state index is 12.4. The van der Waals surface area contributed by atoms with Crippen LogP contribution in [0.2, 0.25) is 0 Å². The molecule has 2 aromatic rings. The molecule has 7 heteroatoms. The molecule has 1 aromatic heterocycles. The molecule has 2 saturated carbocycles. The highest BCUT2D eigenvalue weighted by Gasteiger charge is 2.37. The molecule has 1 aromatic carbocycles. The van der Waals surface area contributed by atoms with Gasteiger partial charge in [-0.05, 0) is 55.9 Å². The maximum Gasteiger partial charge on any atom is 0.317 e. The molecule has 1 amide bonds. The van der Waals surface area contributed by atoms with Crippen molar-refractivity contribution < 1.29 is 14.7 Å². The number of carbonyl (C=O) groups is 2. The first-order valence-corrected chi connectivity index (χ1v) is 9.43. The van der Waals surface area contributed by atoms with Gasteiger partial charge in [0.2, 0.25) is 0 Å². The molecule has 2 aliphatic carbocycles. The standard InChI is InChI=1S/C20H24N4O3/c25-19(26)12-24(11-14-1-2-14)18-9-16(10-18)22-20(27)15-3-5-17(6-4-15)23-8-7-21-13-23/h3-8,13-14,16,18H,1-2,9-12H2,(H,22,27)(H,25,26). The predicted octanol–water partition coefficient (Wildman–Crippen LogP) is 1.93. The number of amides is 1. The van der Waals surface area contributed by atoms with E-state index in [0.29, 0.717) is 11.5 Å². The third-order valence-electron chi connectivity index (χ3n) is 5.42. The second-order valence-electron chi connectivity index (χ2n) is 7.58. The van der Waals surface area contributed by atoms with Crippen LogP contribution >= 0.6 is 0 Å². The number of carbonyl (C=O) groups excluding carboxylic acids is 1. The number of benzene rings is 1. The molecule has 0 spiro atoms. The molecule has 2 fully saturated rings. The minimum Gasteiger partial charge on any atom is -0.480 e. The number of nitrogens with one attached hydrogen (secondary N) is 1. The van der Waals surface area contributed by atoms with Crippen molar-refractivity contribution in [2.45, 2.75) is 37.8 Å². The molecule has 4 rings (SSSR count). The van der Waals surface area contributed by atoms with Gasteiger partial charge in [-0.25, -0.2) is 4.98 Å². The van der Waals surface area contributed by atoms with E-state index in [9.17, 15) is 9.59 Å². The highest BCUT2D eigenvalue weighted by Crippen LogP contribution is 2.33. The van der Waals surface area contributed by atoms with Crippen LogP contribution in [0.1, 0.15) is 36.0 Å². The molecule has 2 N–H and O–H groups in total. The summed E-state index contributed by atoms with van der Waals surface area (Å²) < 4.78 is 1.88. The zero-order valence-electron chi connectivity index (χ0n) is 15.1. The minimum absolute atomic E-state index is 0.0809. The van der Waals surface area contributed by atoms with Gasteiger partial charge >= 0.3 is 5.97 Å². The van der Waals surface area contributed by atoms with E-state index in [0.717, 1.165) is 25.1 Å². The van der Waals surface area contributed by atoms with Gasteiger partial charge in [-0.15, -0.1) is 0 Å². The molecule has 0 aliphatic heterocycles. The fourth-order valence-corrected chi connectivity index (χ4v) is 3.62. The van der Waals surface area contributed by atoms with Crippen molar-refractivity contribution in [3.05, 3.63) is 48.5 Å². The molecular weight excluding hydrogens is 344 g/mol. The number of hydrogen-bond acceptors (Lipinski definition) is 4. The van der Waals surface area contributed by atoms with Crippen LogP contribution in [0.5, 0.6) is 0 Å². The molecule has 0 atom stereocenters. The highest BCUT2D eigenvalue weighted by molar-refractivity contribution is 5.94. The lowest BCUT2D eigenvalue weighted by molar-refractivity contribution is -0.139. The van der Waals surface area contributed by atoms with Crippen LogP contribution in [0, 0.1) is 5.92 Å². The summed E-state index contributed by atoms with van der Waals surface area (Å²) in [5.41, 5.74) is 1.58. The lowest BCUT2D eigenvalue weighted by atomic mass is 9.85. The van der Waals surface area contributed by atoms with Gasteiger partial charge in [-0.1, -0.05) is 0 Å². The normalized spacial score (nSPS) is 21.7. The largest absolute Gasteiger partial charge is 0.480 e. The van der Waals surface area contributed by atoms with Crippen LogP contribution in [-0.2, 0) is 4.79 Å². The van der Waals surface area contributed by atoms with E-state index in [2.05, 4.69) is 15.2 Å².